The molecule has 0 aliphatic heterocycles. The normalized spacial score (nSPS) is 10.9. The molecule has 1 aromatic rings. The summed E-state index contributed by atoms with van der Waals surface area (Å²) in [4.78, 5) is 22.7. The maximum atomic E-state index is 11.4. The molecule has 0 unspecified atom stereocenters. The minimum atomic E-state index is -0.804. The highest BCUT2D eigenvalue weighted by Gasteiger charge is 2.10. The largest absolute Gasteiger partial charge is 0.383 e. The molecule has 6 heteroatoms. The van der Waals surface area contributed by atoms with Gasteiger partial charge < -0.3 is 10.1 Å². The Morgan fingerprint density at radius 2 is 1.90 bits per heavy atom. The van der Waals surface area contributed by atoms with Gasteiger partial charge in [-0.15, -0.1) is 0 Å². The highest BCUT2D eigenvalue weighted by Crippen LogP contribution is 2.13. The second-order valence-electron chi connectivity index (χ2n) is 4.77. The first-order valence-electron chi connectivity index (χ1n) is 6.74. The number of rotatable bonds is 6. The molecular formula is C15H21N3O3. The van der Waals surface area contributed by atoms with Crippen molar-refractivity contribution in [3.05, 3.63) is 35.4 Å². The summed E-state index contributed by atoms with van der Waals surface area (Å²) in [6.07, 6.45) is 1.49. The van der Waals surface area contributed by atoms with Crippen LogP contribution >= 0.6 is 0 Å². The third-order valence-corrected chi connectivity index (χ3v) is 2.78. The molecule has 0 atom stereocenters. The molecule has 1 rings (SSSR count). The van der Waals surface area contributed by atoms with E-state index in [1.165, 1.54) is 18.9 Å². The van der Waals surface area contributed by atoms with Crippen LogP contribution < -0.4 is 10.7 Å². The molecule has 0 heterocycles. The first-order chi connectivity index (χ1) is 10.0. The number of ether oxygens (including phenoxy) is 1. The van der Waals surface area contributed by atoms with E-state index in [1.54, 1.807) is 0 Å². The van der Waals surface area contributed by atoms with Gasteiger partial charge in [0.05, 0.1) is 12.8 Å². The Labute approximate surface area is 124 Å². The average molecular weight is 291 g/mol. The van der Waals surface area contributed by atoms with Gasteiger partial charge in [-0.2, -0.15) is 5.10 Å². The molecule has 1 aromatic carbocycles. The minimum absolute atomic E-state index is 0.281. The number of methoxy groups -OCH3 is 1. The van der Waals surface area contributed by atoms with E-state index in [-0.39, 0.29) is 6.54 Å². The van der Waals surface area contributed by atoms with Crippen LogP contribution in [0.2, 0.25) is 0 Å². The zero-order valence-corrected chi connectivity index (χ0v) is 12.6. The zero-order chi connectivity index (χ0) is 15.7. The number of carbonyl (C=O) groups is 2. The molecule has 0 bridgehead atoms. The third-order valence-electron chi connectivity index (χ3n) is 2.78. The molecule has 0 aromatic heterocycles. The van der Waals surface area contributed by atoms with Gasteiger partial charge in [-0.3, -0.25) is 9.59 Å². The topological polar surface area (TPSA) is 79.8 Å². The van der Waals surface area contributed by atoms with Crippen LogP contribution in [0.3, 0.4) is 0 Å². The fraction of sp³-hybridized carbons (Fsp3) is 0.400. The Morgan fingerprint density at radius 3 is 2.48 bits per heavy atom. The van der Waals surface area contributed by atoms with Gasteiger partial charge in [0.25, 0.3) is 0 Å². The maximum Gasteiger partial charge on any atom is 0.329 e. The summed E-state index contributed by atoms with van der Waals surface area (Å²) in [6.45, 7) is 4.87. The van der Waals surface area contributed by atoms with Crippen LogP contribution in [0.4, 0.5) is 0 Å². The summed E-state index contributed by atoms with van der Waals surface area (Å²) in [7, 11) is 1.51. The minimum Gasteiger partial charge on any atom is -0.383 e. The summed E-state index contributed by atoms with van der Waals surface area (Å²) in [5, 5.41) is 6.15. The fourth-order valence-electron chi connectivity index (χ4n) is 1.53. The monoisotopic (exact) mass is 291 g/mol. The summed E-state index contributed by atoms with van der Waals surface area (Å²) in [5.41, 5.74) is 4.25. The Bertz CT molecular complexity index is 495. The van der Waals surface area contributed by atoms with Crippen molar-refractivity contribution in [3.8, 4) is 0 Å². The lowest BCUT2D eigenvalue weighted by molar-refractivity contribution is -0.139. The van der Waals surface area contributed by atoms with Gasteiger partial charge >= 0.3 is 11.8 Å². The Hall–Kier alpha value is -2.21. The summed E-state index contributed by atoms with van der Waals surface area (Å²) < 4.78 is 4.76. The average Bonchev–Trinajstić information content (AvgIpc) is 2.47. The summed E-state index contributed by atoms with van der Waals surface area (Å²) >= 11 is 0. The molecular weight excluding hydrogens is 270 g/mol. The van der Waals surface area contributed by atoms with E-state index >= 15 is 0 Å². The Morgan fingerprint density at radius 1 is 1.24 bits per heavy atom. The van der Waals surface area contributed by atoms with Crippen LogP contribution in [0.25, 0.3) is 0 Å². The Kier molecular flexibility index (Phi) is 7.11. The molecule has 21 heavy (non-hydrogen) atoms. The molecule has 2 amide bonds. The zero-order valence-electron chi connectivity index (χ0n) is 12.6. The molecule has 6 nitrogen and oxygen atoms in total. The molecule has 0 saturated carbocycles. The standard InChI is InChI=1S/C15H21N3O3/c1-11(2)13-6-4-12(5-7-13)10-17-18-15(20)14(19)16-8-9-21-3/h4-7,10-11H,8-9H2,1-3H3,(H,16,19)(H,18,20)/b17-10+. The first kappa shape index (κ1) is 16.8. The fourth-order valence-corrected chi connectivity index (χ4v) is 1.53. The number of hydrogen-bond acceptors (Lipinski definition) is 4. The smallest absolute Gasteiger partial charge is 0.329 e. The van der Waals surface area contributed by atoms with Crippen LogP contribution in [-0.4, -0.2) is 38.3 Å². The van der Waals surface area contributed by atoms with E-state index in [9.17, 15) is 9.59 Å². The van der Waals surface area contributed by atoms with Crippen LogP contribution in [0, 0.1) is 0 Å². The summed E-state index contributed by atoms with van der Waals surface area (Å²) in [6, 6.07) is 7.82. The maximum absolute atomic E-state index is 11.4. The van der Waals surface area contributed by atoms with E-state index in [4.69, 9.17) is 4.74 Å². The number of carbonyl (C=O) groups excluding carboxylic acids is 2. The lowest BCUT2D eigenvalue weighted by Crippen LogP contribution is -2.39. The second-order valence-corrected chi connectivity index (χ2v) is 4.77. The molecule has 114 valence electrons. The number of nitrogens with zero attached hydrogens (tertiary/aromatic N) is 1. The van der Waals surface area contributed by atoms with Crippen molar-refractivity contribution in [2.45, 2.75) is 19.8 Å². The van der Waals surface area contributed by atoms with Gasteiger partial charge in [-0.25, -0.2) is 5.43 Å². The lowest BCUT2D eigenvalue weighted by atomic mass is 10.0. The number of hydrazone groups is 1. The number of benzene rings is 1. The van der Waals surface area contributed by atoms with Gasteiger partial charge in [0, 0.05) is 13.7 Å². The number of hydrogen-bond donors (Lipinski definition) is 2. The predicted molar refractivity (Wildman–Crippen MR) is 81.2 cm³/mol. The molecule has 2 N–H and O–H groups in total. The lowest BCUT2D eigenvalue weighted by Gasteiger charge is -2.04. The van der Waals surface area contributed by atoms with Crippen molar-refractivity contribution in [2.24, 2.45) is 5.10 Å². The predicted octanol–water partition coefficient (Wildman–Crippen LogP) is 1.02. The number of nitrogens with one attached hydrogen (secondary N) is 2. The molecule has 0 saturated heterocycles. The highest BCUT2D eigenvalue weighted by atomic mass is 16.5. The Balaban J connectivity index is 2.43. The van der Waals surface area contributed by atoms with E-state index in [0.29, 0.717) is 12.5 Å². The molecule has 0 fully saturated rings. The van der Waals surface area contributed by atoms with E-state index in [2.05, 4.69) is 29.7 Å². The van der Waals surface area contributed by atoms with E-state index in [1.807, 2.05) is 24.3 Å². The SMILES string of the molecule is COCCNC(=O)C(=O)N/N=C/c1ccc(C(C)C)cc1. The van der Waals surface area contributed by atoms with Crippen LogP contribution in [0.5, 0.6) is 0 Å². The van der Waals surface area contributed by atoms with E-state index in [0.717, 1.165) is 5.56 Å². The quantitative estimate of drug-likeness (QED) is 0.355. The molecule has 0 aliphatic rings. The number of amides is 2. The first-order valence-corrected chi connectivity index (χ1v) is 6.74. The van der Waals surface area contributed by atoms with Gasteiger partial charge in [0.2, 0.25) is 0 Å². The van der Waals surface area contributed by atoms with Crippen molar-refractivity contribution in [1.29, 1.82) is 0 Å². The summed E-state index contributed by atoms with van der Waals surface area (Å²) in [5.74, 6) is -1.08. The van der Waals surface area contributed by atoms with Gasteiger partial charge in [0.15, 0.2) is 0 Å². The van der Waals surface area contributed by atoms with Crippen molar-refractivity contribution < 1.29 is 14.3 Å². The van der Waals surface area contributed by atoms with Gasteiger partial charge in [0.1, 0.15) is 0 Å². The van der Waals surface area contributed by atoms with Crippen molar-refractivity contribution in [2.75, 3.05) is 20.3 Å². The van der Waals surface area contributed by atoms with Crippen LogP contribution in [-0.2, 0) is 14.3 Å². The molecule has 0 aliphatic carbocycles. The van der Waals surface area contributed by atoms with Gasteiger partial charge in [-0.1, -0.05) is 38.1 Å². The van der Waals surface area contributed by atoms with Crippen molar-refractivity contribution >= 4 is 18.0 Å². The van der Waals surface area contributed by atoms with E-state index < -0.39 is 11.8 Å². The van der Waals surface area contributed by atoms with Crippen molar-refractivity contribution in [3.63, 3.8) is 0 Å². The van der Waals surface area contributed by atoms with Crippen LogP contribution in [0.1, 0.15) is 30.9 Å². The molecule has 0 radical (unpaired) electrons. The molecule has 0 spiro atoms. The van der Waals surface area contributed by atoms with Gasteiger partial charge in [-0.05, 0) is 17.0 Å². The van der Waals surface area contributed by atoms with Crippen molar-refractivity contribution in [1.82, 2.24) is 10.7 Å². The van der Waals surface area contributed by atoms with Crippen LogP contribution in [0.15, 0.2) is 29.4 Å². The highest BCUT2D eigenvalue weighted by molar-refractivity contribution is 6.35. The third kappa shape index (κ3) is 6.18. The second kappa shape index (κ2) is 8.86.